The zero-order valence-electron chi connectivity index (χ0n) is 12.8. The number of ketones is 1. The third-order valence-electron chi connectivity index (χ3n) is 3.84. The third-order valence-corrected chi connectivity index (χ3v) is 3.84. The molecular weight excluding hydrogens is 314 g/mol. The van der Waals surface area contributed by atoms with Gasteiger partial charge >= 0.3 is 5.97 Å². The molecule has 124 valence electrons. The van der Waals surface area contributed by atoms with E-state index < -0.39 is 17.2 Å². The van der Waals surface area contributed by atoms with Crippen molar-refractivity contribution in [3.05, 3.63) is 52.2 Å². The SMILES string of the molecule is C=CC(=O)c1cc(C(=O)O)cc2c(=O)cc(N3CCOCC3)oc12. The zero-order valence-corrected chi connectivity index (χ0v) is 12.8. The molecule has 0 bridgehead atoms. The summed E-state index contributed by atoms with van der Waals surface area (Å²) in [5.41, 5.74) is -0.482. The maximum atomic E-state index is 12.4. The predicted molar refractivity (Wildman–Crippen MR) is 87.0 cm³/mol. The first-order valence-corrected chi connectivity index (χ1v) is 7.36. The van der Waals surface area contributed by atoms with Crippen LogP contribution in [0.5, 0.6) is 0 Å². The quantitative estimate of drug-likeness (QED) is 0.673. The number of aromatic carboxylic acids is 1. The molecule has 0 unspecified atom stereocenters. The van der Waals surface area contributed by atoms with Crippen LogP contribution in [0.15, 0.2) is 40.1 Å². The van der Waals surface area contributed by atoms with Gasteiger partial charge < -0.3 is 19.2 Å². The maximum Gasteiger partial charge on any atom is 0.335 e. The van der Waals surface area contributed by atoms with Crippen molar-refractivity contribution in [3.63, 3.8) is 0 Å². The lowest BCUT2D eigenvalue weighted by Gasteiger charge is -2.27. The molecule has 1 aromatic carbocycles. The summed E-state index contributed by atoms with van der Waals surface area (Å²) >= 11 is 0. The lowest BCUT2D eigenvalue weighted by molar-refractivity contribution is 0.0697. The predicted octanol–water partition coefficient (Wildman–Crippen LogP) is 1.70. The number of anilines is 1. The van der Waals surface area contributed by atoms with Crippen LogP contribution in [-0.4, -0.2) is 43.2 Å². The third kappa shape index (κ3) is 2.81. The molecule has 1 aromatic heterocycles. The van der Waals surface area contributed by atoms with Crippen LogP contribution in [0.3, 0.4) is 0 Å². The van der Waals surface area contributed by atoms with Crippen molar-refractivity contribution in [2.24, 2.45) is 0 Å². The van der Waals surface area contributed by atoms with Gasteiger partial charge in [0.1, 0.15) is 0 Å². The van der Waals surface area contributed by atoms with Crippen molar-refractivity contribution in [2.45, 2.75) is 0 Å². The first-order valence-electron chi connectivity index (χ1n) is 7.36. The van der Waals surface area contributed by atoms with Crippen LogP contribution in [0.4, 0.5) is 5.88 Å². The Hall–Kier alpha value is -2.93. The Kier molecular flexibility index (Phi) is 4.18. The van der Waals surface area contributed by atoms with Crippen LogP contribution in [0.2, 0.25) is 0 Å². The summed E-state index contributed by atoms with van der Waals surface area (Å²) in [6.07, 6.45) is 1.06. The van der Waals surface area contributed by atoms with Crippen LogP contribution in [0, 0.1) is 0 Å². The van der Waals surface area contributed by atoms with Crippen molar-refractivity contribution >= 4 is 28.6 Å². The van der Waals surface area contributed by atoms with E-state index in [0.717, 1.165) is 6.08 Å². The average molecular weight is 329 g/mol. The highest BCUT2D eigenvalue weighted by atomic mass is 16.5. The van der Waals surface area contributed by atoms with Crippen molar-refractivity contribution in [2.75, 3.05) is 31.2 Å². The molecule has 0 atom stereocenters. The molecule has 1 saturated heterocycles. The summed E-state index contributed by atoms with van der Waals surface area (Å²) in [7, 11) is 0. The van der Waals surface area contributed by atoms with Gasteiger partial charge in [-0.15, -0.1) is 0 Å². The van der Waals surface area contributed by atoms with Crippen LogP contribution in [0.25, 0.3) is 11.0 Å². The molecular formula is C17H15NO6. The molecule has 1 aliphatic heterocycles. The van der Waals surface area contributed by atoms with Crippen LogP contribution < -0.4 is 10.3 Å². The fourth-order valence-corrected chi connectivity index (χ4v) is 2.60. The van der Waals surface area contributed by atoms with E-state index >= 15 is 0 Å². The fraction of sp³-hybridized carbons (Fsp3) is 0.235. The number of carbonyl (C=O) groups is 2. The van der Waals surface area contributed by atoms with E-state index in [4.69, 9.17) is 9.15 Å². The molecule has 1 aliphatic rings. The number of carboxylic acids is 1. The molecule has 0 spiro atoms. The molecule has 1 N–H and O–H groups in total. The first kappa shape index (κ1) is 15.9. The normalized spacial score (nSPS) is 14.6. The van der Waals surface area contributed by atoms with Gasteiger partial charge in [-0.3, -0.25) is 9.59 Å². The molecule has 2 aromatic rings. The molecule has 0 saturated carbocycles. The van der Waals surface area contributed by atoms with Crippen molar-refractivity contribution < 1.29 is 23.8 Å². The van der Waals surface area contributed by atoms with Gasteiger partial charge in [-0.2, -0.15) is 0 Å². The highest BCUT2D eigenvalue weighted by Crippen LogP contribution is 2.25. The second-order valence-corrected chi connectivity index (χ2v) is 5.32. The fourth-order valence-electron chi connectivity index (χ4n) is 2.60. The van der Waals surface area contributed by atoms with Gasteiger partial charge in [-0.25, -0.2) is 4.79 Å². The minimum Gasteiger partial charge on any atom is -0.478 e. The molecule has 0 radical (unpaired) electrons. The van der Waals surface area contributed by atoms with E-state index in [1.54, 1.807) is 0 Å². The Balaban J connectivity index is 2.26. The summed E-state index contributed by atoms with van der Waals surface area (Å²) in [5.74, 6) is -1.41. The molecule has 1 fully saturated rings. The lowest BCUT2D eigenvalue weighted by atomic mass is 10.0. The van der Waals surface area contributed by atoms with E-state index in [-0.39, 0.29) is 22.1 Å². The number of carboxylic acid groups (broad SMARTS) is 1. The molecule has 24 heavy (non-hydrogen) atoms. The number of ether oxygens (including phenoxy) is 1. The Morgan fingerprint density at radius 1 is 1.21 bits per heavy atom. The minimum absolute atomic E-state index is 0.00658. The van der Waals surface area contributed by atoms with Gasteiger partial charge in [0.15, 0.2) is 22.7 Å². The number of hydrogen-bond donors (Lipinski definition) is 1. The molecule has 7 nitrogen and oxygen atoms in total. The number of carbonyl (C=O) groups excluding carboxylic acids is 1. The maximum absolute atomic E-state index is 12.4. The van der Waals surface area contributed by atoms with Gasteiger partial charge in [0.25, 0.3) is 0 Å². The van der Waals surface area contributed by atoms with Gasteiger partial charge in [-0.05, 0) is 18.2 Å². The molecule has 2 heterocycles. The number of rotatable bonds is 4. The Morgan fingerprint density at radius 2 is 1.92 bits per heavy atom. The number of allylic oxidation sites excluding steroid dienone is 1. The van der Waals surface area contributed by atoms with Gasteiger partial charge in [0.2, 0.25) is 0 Å². The standard InChI is InChI=1S/C17H15NO6/c1-2-13(19)11-7-10(17(21)22)8-12-14(20)9-15(24-16(11)12)18-3-5-23-6-4-18/h2,7-9H,1,3-6H2,(H,21,22). The highest BCUT2D eigenvalue weighted by Gasteiger charge is 2.20. The first-order chi connectivity index (χ1) is 11.5. The summed E-state index contributed by atoms with van der Waals surface area (Å²) in [6, 6.07) is 3.72. The largest absolute Gasteiger partial charge is 0.478 e. The number of benzene rings is 1. The Bertz CT molecular complexity index is 892. The Labute approximate surface area is 136 Å². The number of nitrogens with zero attached hydrogens (tertiary/aromatic N) is 1. The average Bonchev–Trinajstić information content (AvgIpc) is 2.60. The second kappa shape index (κ2) is 6.29. The summed E-state index contributed by atoms with van der Waals surface area (Å²) < 4.78 is 11.0. The minimum atomic E-state index is -1.23. The van der Waals surface area contributed by atoms with E-state index in [2.05, 4.69) is 6.58 Å². The van der Waals surface area contributed by atoms with Crippen molar-refractivity contribution in [1.82, 2.24) is 0 Å². The molecule has 7 heteroatoms. The van der Waals surface area contributed by atoms with E-state index in [1.165, 1.54) is 18.2 Å². The van der Waals surface area contributed by atoms with Crippen molar-refractivity contribution in [3.8, 4) is 0 Å². The molecule has 3 rings (SSSR count). The molecule has 0 aliphatic carbocycles. The van der Waals surface area contributed by atoms with Crippen LogP contribution >= 0.6 is 0 Å². The summed E-state index contributed by atoms with van der Waals surface area (Å²) in [4.78, 5) is 37.6. The van der Waals surface area contributed by atoms with E-state index in [1.807, 2.05) is 4.90 Å². The van der Waals surface area contributed by atoms with E-state index in [9.17, 15) is 19.5 Å². The highest BCUT2D eigenvalue weighted by molar-refractivity contribution is 6.13. The van der Waals surface area contributed by atoms with Crippen LogP contribution in [0.1, 0.15) is 20.7 Å². The topological polar surface area (TPSA) is 97.0 Å². The number of hydrogen-bond acceptors (Lipinski definition) is 6. The van der Waals surface area contributed by atoms with Gasteiger partial charge in [0.05, 0.1) is 29.7 Å². The summed E-state index contributed by atoms with van der Waals surface area (Å²) in [6.45, 7) is 5.56. The van der Waals surface area contributed by atoms with Gasteiger partial charge in [0, 0.05) is 19.2 Å². The van der Waals surface area contributed by atoms with E-state index in [0.29, 0.717) is 32.2 Å². The zero-order chi connectivity index (χ0) is 17.3. The monoisotopic (exact) mass is 329 g/mol. The van der Waals surface area contributed by atoms with Crippen LogP contribution in [-0.2, 0) is 4.74 Å². The number of fused-ring (bicyclic) bond motifs is 1. The summed E-state index contributed by atoms with van der Waals surface area (Å²) in [5, 5.41) is 9.23. The Morgan fingerprint density at radius 3 is 2.54 bits per heavy atom. The van der Waals surface area contributed by atoms with Gasteiger partial charge in [-0.1, -0.05) is 6.58 Å². The van der Waals surface area contributed by atoms with Crippen molar-refractivity contribution in [1.29, 1.82) is 0 Å². The second-order valence-electron chi connectivity index (χ2n) is 5.32. The molecule has 0 amide bonds. The smallest absolute Gasteiger partial charge is 0.335 e. The number of morpholine rings is 1. The lowest BCUT2D eigenvalue weighted by Crippen LogP contribution is -2.36.